The van der Waals surface area contributed by atoms with Crippen LogP contribution in [0, 0.1) is 18.7 Å². The minimum absolute atomic E-state index is 0.0553. The highest BCUT2D eigenvalue weighted by molar-refractivity contribution is 5.97. The van der Waals surface area contributed by atoms with Gasteiger partial charge in [0.1, 0.15) is 17.2 Å². The standard InChI is InChI=1S/C26H34FNO3.C5H12/c1-7-10-28(16-18(3)11-19-9-8-17(2)12-22(19)27)25(29)20-13-23(30-6)21-15-26(4,5)31-24(21)14-20;1-3-5-4-2/h8-9,11-14,21,23H,7,10,15-16H2,1-6H3;3-5H2,1-2H3/b18-11+;. The van der Waals surface area contributed by atoms with Gasteiger partial charge >= 0.3 is 0 Å². The molecule has 2 unspecified atom stereocenters. The second kappa shape index (κ2) is 13.8. The van der Waals surface area contributed by atoms with E-state index in [0.717, 1.165) is 29.7 Å². The Bertz CT molecular complexity index is 974. The van der Waals surface area contributed by atoms with Crippen LogP contribution >= 0.6 is 0 Å². The van der Waals surface area contributed by atoms with Crippen LogP contribution in [0.25, 0.3) is 6.08 Å². The minimum Gasteiger partial charge on any atom is -0.492 e. The van der Waals surface area contributed by atoms with Crippen molar-refractivity contribution in [2.24, 2.45) is 5.92 Å². The number of unbranched alkanes of at least 4 members (excludes halogenated alkanes) is 2. The van der Waals surface area contributed by atoms with Gasteiger partial charge in [-0.2, -0.15) is 0 Å². The van der Waals surface area contributed by atoms with Crippen LogP contribution in [-0.2, 0) is 14.3 Å². The quantitative estimate of drug-likeness (QED) is 0.351. The topological polar surface area (TPSA) is 38.8 Å². The van der Waals surface area contributed by atoms with Crippen LogP contribution in [0.3, 0.4) is 0 Å². The molecule has 1 amide bonds. The first-order chi connectivity index (χ1) is 17.0. The average molecular weight is 500 g/mol. The average Bonchev–Trinajstić information content (AvgIpc) is 3.14. The summed E-state index contributed by atoms with van der Waals surface area (Å²) in [4.78, 5) is 15.2. The van der Waals surface area contributed by atoms with Crippen LogP contribution in [0.5, 0.6) is 0 Å². The van der Waals surface area contributed by atoms with E-state index in [4.69, 9.17) is 9.47 Å². The lowest BCUT2D eigenvalue weighted by Gasteiger charge is -2.27. The van der Waals surface area contributed by atoms with Crippen molar-refractivity contribution in [1.82, 2.24) is 4.90 Å². The van der Waals surface area contributed by atoms with Gasteiger partial charge in [0.05, 0.1) is 12.0 Å². The molecule has 0 saturated carbocycles. The monoisotopic (exact) mass is 499 g/mol. The fourth-order valence-electron chi connectivity index (χ4n) is 4.76. The van der Waals surface area contributed by atoms with Crippen molar-refractivity contribution in [3.63, 3.8) is 0 Å². The van der Waals surface area contributed by atoms with E-state index >= 15 is 0 Å². The molecule has 2 aliphatic rings. The molecule has 1 aliphatic carbocycles. The Morgan fingerprint density at radius 1 is 1.22 bits per heavy atom. The zero-order valence-electron chi connectivity index (χ0n) is 23.6. The summed E-state index contributed by atoms with van der Waals surface area (Å²) in [5.74, 6) is 0.665. The molecule has 3 rings (SSSR count). The van der Waals surface area contributed by atoms with Gasteiger partial charge in [0.25, 0.3) is 5.91 Å². The Hall–Kier alpha value is -2.40. The number of benzene rings is 1. The van der Waals surface area contributed by atoms with Gasteiger partial charge in [0, 0.05) is 31.3 Å². The number of fused-ring (bicyclic) bond motifs is 1. The summed E-state index contributed by atoms with van der Waals surface area (Å²) in [6.45, 7) is 15.4. The molecule has 1 heterocycles. The molecule has 1 saturated heterocycles. The molecule has 1 aromatic rings. The van der Waals surface area contributed by atoms with E-state index in [1.54, 1.807) is 13.2 Å². The van der Waals surface area contributed by atoms with Crippen molar-refractivity contribution in [2.45, 2.75) is 92.3 Å². The number of rotatable bonds is 9. The third-order valence-corrected chi connectivity index (χ3v) is 6.51. The number of carbonyl (C=O) groups is 1. The van der Waals surface area contributed by atoms with Gasteiger partial charge in [0.2, 0.25) is 0 Å². The SMILES string of the molecule is CCCCC.CCCN(C/C(C)=C/c1ccc(C)cc1F)C(=O)C1=CC(OC)C2CC(C)(C)OC2=C1. The molecule has 0 aromatic heterocycles. The number of ether oxygens (including phenoxy) is 2. The lowest BCUT2D eigenvalue weighted by Crippen LogP contribution is -2.36. The van der Waals surface area contributed by atoms with Crippen molar-refractivity contribution in [1.29, 1.82) is 0 Å². The van der Waals surface area contributed by atoms with Crippen molar-refractivity contribution in [2.75, 3.05) is 20.2 Å². The maximum atomic E-state index is 14.2. The normalized spacial score (nSPS) is 20.4. The maximum Gasteiger partial charge on any atom is 0.254 e. The Labute approximate surface area is 218 Å². The van der Waals surface area contributed by atoms with Gasteiger partial charge in [-0.05, 0) is 64.3 Å². The number of amides is 1. The molecule has 2 atom stereocenters. The van der Waals surface area contributed by atoms with Crippen molar-refractivity contribution < 1.29 is 18.7 Å². The molecule has 0 bridgehead atoms. The highest BCUT2D eigenvalue weighted by Gasteiger charge is 2.43. The third kappa shape index (κ3) is 8.33. The lowest BCUT2D eigenvalue weighted by molar-refractivity contribution is -0.126. The van der Waals surface area contributed by atoms with Gasteiger partial charge in [-0.25, -0.2) is 4.39 Å². The molecule has 200 valence electrons. The van der Waals surface area contributed by atoms with Gasteiger partial charge in [-0.3, -0.25) is 4.79 Å². The van der Waals surface area contributed by atoms with E-state index in [-0.39, 0.29) is 29.3 Å². The van der Waals surface area contributed by atoms with Gasteiger partial charge in [-0.1, -0.05) is 63.8 Å². The highest BCUT2D eigenvalue weighted by Crippen LogP contribution is 2.43. The number of hydrogen-bond donors (Lipinski definition) is 0. The smallest absolute Gasteiger partial charge is 0.254 e. The van der Waals surface area contributed by atoms with Crippen molar-refractivity contribution in [3.8, 4) is 0 Å². The molecule has 36 heavy (non-hydrogen) atoms. The van der Waals surface area contributed by atoms with Crippen LogP contribution in [0.15, 0.2) is 47.3 Å². The summed E-state index contributed by atoms with van der Waals surface area (Å²) < 4.78 is 26.0. The molecule has 5 heteroatoms. The Morgan fingerprint density at radius 2 is 1.92 bits per heavy atom. The van der Waals surface area contributed by atoms with E-state index in [2.05, 4.69) is 27.7 Å². The Morgan fingerprint density at radius 3 is 2.47 bits per heavy atom. The highest BCUT2D eigenvalue weighted by atomic mass is 19.1. The van der Waals surface area contributed by atoms with Crippen molar-refractivity contribution >= 4 is 12.0 Å². The number of halogens is 1. The molecule has 0 N–H and O–H groups in total. The summed E-state index contributed by atoms with van der Waals surface area (Å²) >= 11 is 0. The molecular formula is C31H46FNO3. The fraction of sp³-hybridized carbons (Fsp3) is 0.581. The predicted molar refractivity (Wildman–Crippen MR) is 147 cm³/mol. The largest absolute Gasteiger partial charge is 0.492 e. The molecule has 1 aliphatic heterocycles. The van der Waals surface area contributed by atoms with Gasteiger partial charge < -0.3 is 14.4 Å². The zero-order valence-corrected chi connectivity index (χ0v) is 23.6. The van der Waals surface area contributed by atoms with E-state index < -0.39 is 0 Å². The summed E-state index contributed by atoms with van der Waals surface area (Å²) in [6.07, 6.45) is 11.2. The minimum atomic E-state index is -0.264. The molecule has 1 fully saturated rings. The first kappa shape index (κ1) is 29.8. The lowest BCUT2D eigenvalue weighted by atomic mass is 9.86. The maximum absolute atomic E-state index is 14.2. The molecule has 1 aromatic carbocycles. The summed E-state index contributed by atoms with van der Waals surface area (Å²) in [6, 6.07) is 5.19. The summed E-state index contributed by atoms with van der Waals surface area (Å²) in [5.41, 5.74) is 2.68. The predicted octanol–water partition coefficient (Wildman–Crippen LogP) is 7.63. The Balaban J connectivity index is 0.000000830. The van der Waals surface area contributed by atoms with Crippen LogP contribution < -0.4 is 0 Å². The van der Waals surface area contributed by atoms with Crippen LogP contribution in [-0.4, -0.2) is 42.7 Å². The molecular weight excluding hydrogens is 453 g/mol. The second-order valence-electron chi connectivity index (χ2n) is 10.6. The van der Waals surface area contributed by atoms with Gasteiger partial charge in [0.15, 0.2) is 0 Å². The van der Waals surface area contributed by atoms with E-state index in [9.17, 15) is 9.18 Å². The first-order valence-corrected chi connectivity index (χ1v) is 13.4. The van der Waals surface area contributed by atoms with E-state index in [1.165, 1.54) is 25.3 Å². The molecule has 0 spiro atoms. The van der Waals surface area contributed by atoms with Crippen molar-refractivity contribution in [3.05, 3.63) is 64.2 Å². The number of hydrogen-bond acceptors (Lipinski definition) is 3. The van der Waals surface area contributed by atoms with Crippen LogP contribution in [0.1, 0.15) is 84.8 Å². The molecule has 4 nitrogen and oxygen atoms in total. The fourth-order valence-corrected chi connectivity index (χ4v) is 4.76. The summed E-state index contributed by atoms with van der Waals surface area (Å²) in [5, 5.41) is 0. The number of methoxy groups -OCH3 is 1. The first-order valence-electron chi connectivity index (χ1n) is 13.4. The van der Waals surface area contributed by atoms with Crippen LogP contribution in [0.2, 0.25) is 0 Å². The van der Waals surface area contributed by atoms with E-state index in [1.807, 2.05) is 50.0 Å². The Kier molecular flexibility index (Phi) is 11.4. The number of aryl methyl sites for hydroxylation is 1. The second-order valence-corrected chi connectivity index (χ2v) is 10.6. The number of carbonyl (C=O) groups excluding carboxylic acids is 1. The van der Waals surface area contributed by atoms with Gasteiger partial charge in [-0.15, -0.1) is 0 Å². The summed E-state index contributed by atoms with van der Waals surface area (Å²) in [7, 11) is 1.67. The molecule has 0 radical (unpaired) electrons. The van der Waals surface area contributed by atoms with E-state index in [0.29, 0.717) is 24.2 Å². The third-order valence-electron chi connectivity index (χ3n) is 6.51. The zero-order chi connectivity index (χ0) is 26.9. The van der Waals surface area contributed by atoms with Crippen LogP contribution in [0.4, 0.5) is 4.39 Å². The number of nitrogens with zero attached hydrogens (tertiary/aromatic N) is 1.